The average Bonchev–Trinajstić information content (AvgIpc) is 2.55. The van der Waals surface area contributed by atoms with Crippen molar-refractivity contribution in [2.75, 3.05) is 31.6 Å². The van der Waals surface area contributed by atoms with E-state index in [0.29, 0.717) is 26.2 Å². The first-order valence-corrected chi connectivity index (χ1v) is 8.31. The molecule has 0 bridgehead atoms. The maximum atomic E-state index is 14.3. The van der Waals surface area contributed by atoms with E-state index in [1.807, 2.05) is 6.92 Å². The Balaban J connectivity index is 2.20. The van der Waals surface area contributed by atoms with Crippen LogP contribution in [0.2, 0.25) is 0 Å². The number of halogens is 1. The molecule has 0 aliphatic carbocycles. The fourth-order valence-corrected chi connectivity index (χ4v) is 2.83. The highest BCUT2D eigenvalue weighted by atomic mass is 19.1. The van der Waals surface area contributed by atoms with Gasteiger partial charge in [-0.3, -0.25) is 4.79 Å². The number of hydrogen-bond donors (Lipinski definition) is 2. The van der Waals surface area contributed by atoms with E-state index >= 15 is 0 Å². The number of ether oxygens (including phenoxy) is 1. The lowest BCUT2D eigenvalue weighted by molar-refractivity contribution is 0.00711. The number of benzene rings is 1. The Bertz CT molecular complexity index is 592. The molecule has 7 heteroatoms. The van der Waals surface area contributed by atoms with Crippen LogP contribution in [0.3, 0.4) is 0 Å². The lowest BCUT2D eigenvalue weighted by Crippen LogP contribution is -2.43. The van der Waals surface area contributed by atoms with Gasteiger partial charge in [-0.1, -0.05) is 6.07 Å². The number of likely N-dealkylation sites (tertiary alicyclic amines) is 1. The molecule has 1 aromatic rings. The van der Waals surface area contributed by atoms with Gasteiger partial charge in [-0.2, -0.15) is 0 Å². The third-order valence-corrected chi connectivity index (χ3v) is 3.88. The zero-order chi connectivity index (χ0) is 17.5. The van der Waals surface area contributed by atoms with Gasteiger partial charge in [-0.15, -0.1) is 0 Å². The number of anilines is 1. The third kappa shape index (κ3) is 4.44. The molecule has 2 N–H and O–H groups in total. The number of carbonyl (C=O) groups is 2. The second kappa shape index (κ2) is 8.63. The fourth-order valence-electron chi connectivity index (χ4n) is 2.83. The van der Waals surface area contributed by atoms with Crippen molar-refractivity contribution in [2.45, 2.75) is 32.8 Å². The van der Waals surface area contributed by atoms with Crippen molar-refractivity contribution in [1.82, 2.24) is 10.2 Å². The van der Waals surface area contributed by atoms with Crippen LogP contribution in [0.25, 0.3) is 0 Å². The summed E-state index contributed by atoms with van der Waals surface area (Å²) in [4.78, 5) is 26.1. The van der Waals surface area contributed by atoms with E-state index in [1.54, 1.807) is 11.8 Å². The molecule has 2 rings (SSSR count). The Hall–Kier alpha value is -2.15. The Kier molecular flexibility index (Phi) is 6.54. The number of carbonyl (C=O) groups excluding carboxylic acids is 2. The molecule has 132 valence electrons. The van der Waals surface area contributed by atoms with Crippen molar-refractivity contribution in [1.29, 1.82) is 0 Å². The maximum absolute atomic E-state index is 14.3. The largest absolute Gasteiger partial charge is 0.377 e. The van der Waals surface area contributed by atoms with Crippen molar-refractivity contribution < 1.29 is 18.7 Å². The van der Waals surface area contributed by atoms with Gasteiger partial charge >= 0.3 is 6.03 Å². The number of hydrogen-bond acceptors (Lipinski definition) is 3. The van der Waals surface area contributed by atoms with E-state index in [0.717, 1.165) is 12.8 Å². The minimum absolute atomic E-state index is 0.0285. The molecule has 0 unspecified atom stereocenters. The van der Waals surface area contributed by atoms with Gasteiger partial charge < -0.3 is 20.3 Å². The van der Waals surface area contributed by atoms with Crippen molar-refractivity contribution >= 4 is 17.6 Å². The highest BCUT2D eigenvalue weighted by molar-refractivity contribution is 6.03. The molecule has 1 fully saturated rings. The number of rotatable bonds is 5. The molecule has 1 saturated heterocycles. The second-order valence-electron chi connectivity index (χ2n) is 5.62. The molecule has 6 nitrogen and oxygen atoms in total. The molecule has 0 aromatic heterocycles. The minimum atomic E-state index is -0.646. The molecule has 3 amide bonds. The van der Waals surface area contributed by atoms with Crippen LogP contribution in [0, 0.1) is 5.82 Å². The van der Waals surface area contributed by atoms with Crippen LogP contribution in [0.4, 0.5) is 14.9 Å². The number of piperidine rings is 1. The van der Waals surface area contributed by atoms with Crippen molar-refractivity contribution in [2.24, 2.45) is 0 Å². The molecule has 0 radical (unpaired) electrons. The van der Waals surface area contributed by atoms with Gasteiger partial charge in [0, 0.05) is 26.2 Å². The van der Waals surface area contributed by atoms with E-state index in [9.17, 15) is 14.0 Å². The van der Waals surface area contributed by atoms with Gasteiger partial charge in [0.05, 0.1) is 17.4 Å². The lowest BCUT2D eigenvalue weighted by Gasteiger charge is -2.33. The van der Waals surface area contributed by atoms with Crippen molar-refractivity contribution in [3.63, 3.8) is 0 Å². The molecule has 0 spiro atoms. The van der Waals surface area contributed by atoms with Crippen molar-refractivity contribution in [3.05, 3.63) is 29.6 Å². The number of amides is 3. The quantitative estimate of drug-likeness (QED) is 0.868. The highest BCUT2D eigenvalue weighted by Gasteiger charge is 2.28. The monoisotopic (exact) mass is 337 g/mol. The summed E-state index contributed by atoms with van der Waals surface area (Å²) in [5.41, 5.74) is 0.0605. The Morgan fingerprint density at radius 2 is 2.17 bits per heavy atom. The summed E-state index contributed by atoms with van der Waals surface area (Å²) in [7, 11) is 0. The summed E-state index contributed by atoms with van der Waals surface area (Å²) in [5, 5.41) is 5.11. The van der Waals surface area contributed by atoms with Gasteiger partial charge in [-0.25, -0.2) is 9.18 Å². The van der Waals surface area contributed by atoms with Crippen molar-refractivity contribution in [3.8, 4) is 0 Å². The SMILES string of the molecule is CCNC(=O)Nc1cccc(F)c1C(=O)N1CCC[C@H](OCC)C1. The second-order valence-corrected chi connectivity index (χ2v) is 5.62. The zero-order valence-electron chi connectivity index (χ0n) is 14.1. The first-order valence-electron chi connectivity index (χ1n) is 8.31. The van der Waals surface area contributed by atoms with E-state index in [1.165, 1.54) is 18.2 Å². The van der Waals surface area contributed by atoms with Crippen LogP contribution < -0.4 is 10.6 Å². The van der Waals surface area contributed by atoms with E-state index < -0.39 is 17.8 Å². The molecule has 1 atom stereocenters. The van der Waals surface area contributed by atoms with Gasteiger partial charge in [0.25, 0.3) is 5.91 Å². The fraction of sp³-hybridized carbons (Fsp3) is 0.529. The number of nitrogens with zero attached hydrogens (tertiary/aromatic N) is 1. The van der Waals surface area contributed by atoms with Crippen LogP contribution in [-0.4, -0.2) is 49.2 Å². The van der Waals surface area contributed by atoms with Gasteiger partial charge in [0.2, 0.25) is 0 Å². The smallest absolute Gasteiger partial charge is 0.319 e. The standard InChI is InChI=1S/C17H24FN3O3/c1-3-19-17(23)20-14-9-5-8-13(18)15(14)16(22)21-10-6-7-12(11-21)24-4-2/h5,8-9,12H,3-4,6-7,10-11H2,1-2H3,(H2,19,20,23)/t12-/m0/s1. The summed E-state index contributed by atoms with van der Waals surface area (Å²) in [6, 6.07) is 3.74. The molecule has 1 aliphatic rings. The van der Waals surface area contributed by atoms with E-state index in [2.05, 4.69) is 10.6 Å². The van der Waals surface area contributed by atoms with Gasteiger partial charge in [0.15, 0.2) is 0 Å². The molecular weight excluding hydrogens is 313 g/mol. The normalized spacial score (nSPS) is 17.5. The maximum Gasteiger partial charge on any atom is 0.319 e. The third-order valence-electron chi connectivity index (χ3n) is 3.88. The summed E-state index contributed by atoms with van der Waals surface area (Å²) in [6.45, 7) is 5.69. The molecule has 0 saturated carbocycles. The van der Waals surface area contributed by atoms with Crippen LogP contribution in [0.5, 0.6) is 0 Å². The molecule has 1 aromatic carbocycles. The molecule has 24 heavy (non-hydrogen) atoms. The Morgan fingerprint density at radius 1 is 1.38 bits per heavy atom. The summed E-state index contributed by atoms with van der Waals surface area (Å²) in [5.74, 6) is -1.07. The molecular formula is C17H24FN3O3. The highest BCUT2D eigenvalue weighted by Crippen LogP contribution is 2.23. The lowest BCUT2D eigenvalue weighted by atomic mass is 10.1. The Labute approximate surface area is 141 Å². The summed E-state index contributed by atoms with van der Waals surface area (Å²) >= 11 is 0. The van der Waals surface area contributed by atoms with Crippen LogP contribution in [0.1, 0.15) is 37.0 Å². The number of urea groups is 1. The molecule has 1 aliphatic heterocycles. The summed E-state index contributed by atoms with van der Waals surface area (Å²) in [6.07, 6.45) is 1.67. The first-order chi connectivity index (χ1) is 11.6. The molecule has 1 heterocycles. The predicted octanol–water partition coefficient (Wildman–Crippen LogP) is 2.61. The number of nitrogens with one attached hydrogen (secondary N) is 2. The van der Waals surface area contributed by atoms with E-state index in [-0.39, 0.29) is 17.4 Å². The van der Waals surface area contributed by atoms with Crippen LogP contribution in [0.15, 0.2) is 18.2 Å². The Morgan fingerprint density at radius 3 is 2.88 bits per heavy atom. The van der Waals surface area contributed by atoms with Gasteiger partial charge in [-0.05, 0) is 38.8 Å². The van der Waals surface area contributed by atoms with Crippen LogP contribution >= 0.6 is 0 Å². The average molecular weight is 337 g/mol. The first kappa shape index (κ1) is 18.2. The van der Waals surface area contributed by atoms with Gasteiger partial charge in [0.1, 0.15) is 5.82 Å². The minimum Gasteiger partial charge on any atom is -0.377 e. The van der Waals surface area contributed by atoms with E-state index in [4.69, 9.17) is 4.74 Å². The summed E-state index contributed by atoms with van der Waals surface area (Å²) < 4.78 is 19.9. The zero-order valence-corrected chi connectivity index (χ0v) is 14.1. The predicted molar refractivity (Wildman–Crippen MR) is 89.6 cm³/mol. The van der Waals surface area contributed by atoms with Crippen LogP contribution in [-0.2, 0) is 4.74 Å². The topological polar surface area (TPSA) is 70.7 Å².